The second-order valence-corrected chi connectivity index (χ2v) is 7.37. The number of amides is 1. The Bertz CT molecular complexity index is 329. The van der Waals surface area contributed by atoms with Gasteiger partial charge < -0.3 is 11.1 Å². The van der Waals surface area contributed by atoms with Crippen molar-refractivity contribution in [3.05, 3.63) is 0 Å². The lowest BCUT2D eigenvalue weighted by Crippen LogP contribution is -2.50. The van der Waals surface area contributed by atoms with Crippen LogP contribution in [0.5, 0.6) is 0 Å². The number of rotatable bonds is 3. The Kier molecular flexibility index (Phi) is 5.48. The molecule has 0 aromatic rings. The highest BCUT2D eigenvalue weighted by molar-refractivity contribution is 5.79. The van der Waals surface area contributed by atoms with E-state index in [-0.39, 0.29) is 17.9 Å². The fourth-order valence-electron chi connectivity index (χ4n) is 4.19. The first-order valence-corrected chi connectivity index (χ1v) is 8.56. The van der Waals surface area contributed by atoms with Crippen molar-refractivity contribution in [1.29, 1.82) is 0 Å². The second kappa shape index (κ2) is 6.93. The minimum absolute atomic E-state index is 0.133. The van der Waals surface area contributed by atoms with Gasteiger partial charge in [0, 0.05) is 18.0 Å². The molecule has 3 nitrogen and oxygen atoms in total. The summed E-state index contributed by atoms with van der Waals surface area (Å²) in [5.41, 5.74) is 6.14. The summed E-state index contributed by atoms with van der Waals surface area (Å²) in [6.07, 6.45) is 8.18. The first-order chi connectivity index (χ1) is 9.50. The first-order valence-electron chi connectivity index (χ1n) is 8.56. The van der Waals surface area contributed by atoms with Gasteiger partial charge >= 0.3 is 0 Å². The summed E-state index contributed by atoms with van der Waals surface area (Å²) in [4.78, 5) is 12.6. The molecule has 0 aromatic carbocycles. The topological polar surface area (TPSA) is 55.1 Å². The molecule has 5 unspecified atom stereocenters. The highest BCUT2D eigenvalue weighted by Gasteiger charge is 2.35. The maximum absolute atomic E-state index is 12.6. The number of hydrogen-bond acceptors (Lipinski definition) is 2. The molecule has 3 N–H and O–H groups in total. The maximum atomic E-state index is 12.6. The van der Waals surface area contributed by atoms with E-state index >= 15 is 0 Å². The Morgan fingerprint density at radius 1 is 1.10 bits per heavy atom. The van der Waals surface area contributed by atoms with Crippen molar-refractivity contribution in [2.45, 2.75) is 77.8 Å². The SMILES string of the molecule is CC(C)C1CCCCC1NC(=O)C1CCCC(N)C1C. The van der Waals surface area contributed by atoms with Crippen LogP contribution in [0.15, 0.2) is 0 Å². The third-order valence-electron chi connectivity index (χ3n) is 5.70. The van der Waals surface area contributed by atoms with Crippen molar-refractivity contribution >= 4 is 5.91 Å². The zero-order valence-corrected chi connectivity index (χ0v) is 13.4. The summed E-state index contributed by atoms with van der Waals surface area (Å²) in [6, 6.07) is 0.591. The highest BCUT2D eigenvalue weighted by atomic mass is 16.2. The summed E-state index contributed by atoms with van der Waals surface area (Å²) < 4.78 is 0. The van der Waals surface area contributed by atoms with Crippen molar-refractivity contribution in [3.8, 4) is 0 Å². The predicted molar refractivity (Wildman–Crippen MR) is 83.2 cm³/mol. The molecule has 20 heavy (non-hydrogen) atoms. The minimum Gasteiger partial charge on any atom is -0.353 e. The molecule has 5 atom stereocenters. The van der Waals surface area contributed by atoms with Gasteiger partial charge in [-0.15, -0.1) is 0 Å². The molecule has 0 radical (unpaired) electrons. The van der Waals surface area contributed by atoms with Gasteiger partial charge in [-0.2, -0.15) is 0 Å². The monoisotopic (exact) mass is 280 g/mol. The number of nitrogens with two attached hydrogens (primary N) is 1. The third-order valence-corrected chi connectivity index (χ3v) is 5.70. The Balaban J connectivity index is 1.95. The molecule has 116 valence electrons. The molecule has 0 bridgehead atoms. The average Bonchev–Trinajstić information content (AvgIpc) is 2.42. The van der Waals surface area contributed by atoms with Crippen LogP contribution in [-0.4, -0.2) is 18.0 Å². The van der Waals surface area contributed by atoms with Crippen LogP contribution in [0.3, 0.4) is 0 Å². The quantitative estimate of drug-likeness (QED) is 0.834. The summed E-state index contributed by atoms with van der Waals surface area (Å²) >= 11 is 0. The zero-order chi connectivity index (χ0) is 14.7. The van der Waals surface area contributed by atoms with Crippen LogP contribution in [0.1, 0.15) is 65.7 Å². The third kappa shape index (κ3) is 3.55. The average molecular weight is 280 g/mol. The molecule has 0 spiro atoms. The highest BCUT2D eigenvalue weighted by Crippen LogP contribution is 2.32. The molecule has 2 aliphatic carbocycles. The molecule has 2 saturated carbocycles. The number of nitrogens with one attached hydrogen (secondary N) is 1. The largest absolute Gasteiger partial charge is 0.353 e. The van der Waals surface area contributed by atoms with Gasteiger partial charge in [0.15, 0.2) is 0 Å². The molecule has 0 aliphatic heterocycles. The van der Waals surface area contributed by atoms with E-state index in [2.05, 4.69) is 26.1 Å². The van der Waals surface area contributed by atoms with Crippen LogP contribution in [0.2, 0.25) is 0 Å². The lowest BCUT2D eigenvalue weighted by molar-refractivity contribution is -0.129. The lowest BCUT2D eigenvalue weighted by Gasteiger charge is -2.38. The van der Waals surface area contributed by atoms with Crippen LogP contribution in [0.4, 0.5) is 0 Å². The van der Waals surface area contributed by atoms with Gasteiger partial charge in [-0.05, 0) is 43.4 Å². The Hall–Kier alpha value is -0.570. The molecule has 1 amide bonds. The van der Waals surface area contributed by atoms with E-state index in [0.29, 0.717) is 23.8 Å². The van der Waals surface area contributed by atoms with Crippen LogP contribution in [0.25, 0.3) is 0 Å². The minimum atomic E-state index is 0.133. The normalized spacial score (nSPS) is 38.8. The molecular formula is C17H32N2O. The van der Waals surface area contributed by atoms with Crippen LogP contribution < -0.4 is 11.1 Å². The van der Waals surface area contributed by atoms with E-state index in [4.69, 9.17) is 5.73 Å². The summed E-state index contributed by atoms with van der Waals surface area (Å²) in [5, 5.41) is 3.38. The van der Waals surface area contributed by atoms with Crippen molar-refractivity contribution in [1.82, 2.24) is 5.32 Å². The smallest absolute Gasteiger partial charge is 0.223 e. The fourth-order valence-corrected chi connectivity index (χ4v) is 4.19. The van der Waals surface area contributed by atoms with Crippen LogP contribution in [0, 0.1) is 23.7 Å². The maximum Gasteiger partial charge on any atom is 0.223 e. The summed E-state index contributed by atoms with van der Waals surface area (Å²) in [5.74, 6) is 2.04. The van der Waals surface area contributed by atoms with Gasteiger partial charge in [-0.25, -0.2) is 0 Å². The summed E-state index contributed by atoms with van der Waals surface area (Å²) in [6.45, 7) is 6.72. The molecule has 3 heteroatoms. The van der Waals surface area contributed by atoms with Gasteiger partial charge in [-0.3, -0.25) is 4.79 Å². The van der Waals surface area contributed by atoms with Gasteiger partial charge in [0.2, 0.25) is 5.91 Å². The van der Waals surface area contributed by atoms with Crippen molar-refractivity contribution in [3.63, 3.8) is 0 Å². The summed E-state index contributed by atoms with van der Waals surface area (Å²) in [7, 11) is 0. The van der Waals surface area contributed by atoms with Gasteiger partial charge in [-0.1, -0.05) is 40.0 Å². The fraction of sp³-hybridized carbons (Fsp3) is 0.941. The van der Waals surface area contributed by atoms with Crippen LogP contribution in [-0.2, 0) is 4.79 Å². The Morgan fingerprint density at radius 3 is 2.50 bits per heavy atom. The number of hydrogen-bond donors (Lipinski definition) is 2. The molecular weight excluding hydrogens is 248 g/mol. The van der Waals surface area contributed by atoms with Crippen molar-refractivity contribution in [2.24, 2.45) is 29.4 Å². The molecule has 2 aliphatic rings. The van der Waals surface area contributed by atoms with E-state index < -0.39 is 0 Å². The molecule has 0 saturated heterocycles. The molecule has 2 rings (SSSR count). The zero-order valence-electron chi connectivity index (χ0n) is 13.4. The second-order valence-electron chi connectivity index (χ2n) is 7.37. The number of carbonyl (C=O) groups excluding carboxylic acids is 1. The Labute approximate surface area is 124 Å². The van der Waals surface area contributed by atoms with E-state index in [1.807, 2.05) is 0 Å². The van der Waals surface area contributed by atoms with E-state index in [9.17, 15) is 4.79 Å². The van der Waals surface area contributed by atoms with Crippen LogP contribution >= 0.6 is 0 Å². The van der Waals surface area contributed by atoms with E-state index in [0.717, 1.165) is 25.7 Å². The molecule has 0 heterocycles. The van der Waals surface area contributed by atoms with Crippen molar-refractivity contribution in [2.75, 3.05) is 0 Å². The van der Waals surface area contributed by atoms with Crippen molar-refractivity contribution < 1.29 is 4.79 Å². The van der Waals surface area contributed by atoms with Gasteiger partial charge in [0.1, 0.15) is 0 Å². The molecule has 0 aromatic heterocycles. The number of carbonyl (C=O) groups is 1. The predicted octanol–water partition coefficient (Wildman–Crippen LogP) is 3.08. The standard InChI is InChI=1S/C17H32N2O/c1-11(2)13-7-4-5-10-16(13)19-17(20)14-8-6-9-15(18)12(14)3/h11-16H,4-10,18H2,1-3H3,(H,19,20). The molecule has 2 fully saturated rings. The van der Waals surface area contributed by atoms with Gasteiger partial charge in [0.05, 0.1) is 0 Å². The van der Waals surface area contributed by atoms with Gasteiger partial charge in [0.25, 0.3) is 0 Å². The van der Waals surface area contributed by atoms with E-state index in [1.54, 1.807) is 0 Å². The Morgan fingerprint density at radius 2 is 1.80 bits per heavy atom. The first kappa shape index (κ1) is 15.8. The van der Waals surface area contributed by atoms with E-state index in [1.165, 1.54) is 19.3 Å². The lowest BCUT2D eigenvalue weighted by atomic mass is 9.75.